The second-order valence-electron chi connectivity index (χ2n) is 7.12. The third-order valence-electron chi connectivity index (χ3n) is 4.42. The van der Waals surface area contributed by atoms with E-state index in [4.69, 9.17) is 0 Å². The fraction of sp³-hybridized carbons (Fsp3) is 0.950. The lowest BCUT2D eigenvalue weighted by molar-refractivity contribution is -0.929. The predicted octanol–water partition coefficient (Wildman–Crippen LogP) is 4.40. The van der Waals surface area contributed by atoms with E-state index in [0.717, 1.165) is 0 Å². The van der Waals surface area contributed by atoms with E-state index in [1.54, 1.807) is 13.8 Å². The molecule has 0 spiro atoms. The number of carboxylic acid groups (broad SMARTS) is 1. The van der Waals surface area contributed by atoms with E-state index in [1.165, 1.54) is 82.0 Å². The molecule has 0 radical (unpaired) electrons. The molecule has 0 aliphatic heterocycles. The quantitative estimate of drug-likeness (QED) is 0.470. The van der Waals surface area contributed by atoms with E-state index >= 15 is 0 Å². The minimum Gasteiger partial charge on any atom is -0.550 e. The molecule has 140 valence electrons. The highest BCUT2D eigenvalue weighted by Gasteiger charge is 2.24. The van der Waals surface area contributed by atoms with Crippen molar-refractivity contribution in [2.45, 2.75) is 92.9 Å². The molecule has 3 heteroatoms. The van der Waals surface area contributed by atoms with Crippen molar-refractivity contribution in [1.29, 1.82) is 0 Å². The number of carboxylic acids is 1. The zero-order valence-electron chi connectivity index (χ0n) is 16.8. The summed E-state index contributed by atoms with van der Waals surface area (Å²) in [5.41, 5.74) is 0. The highest BCUT2D eigenvalue weighted by atomic mass is 16.4. The molecule has 0 bridgehead atoms. The summed E-state index contributed by atoms with van der Waals surface area (Å²) >= 11 is 0. The zero-order chi connectivity index (χ0) is 18.1. The number of carbonyl (C=O) groups is 1. The van der Waals surface area contributed by atoms with Crippen molar-refractivity contribution in [1.82, 2.24) is 0 Å². The van der Waals surface area contributed by atoms with E-state index in [1.807, 2.05) is 0 Å². The Morgan fingerprint density at radius 2 is 0.957 bits per heavy atom. The lowest BCUT2D eigenvalue weighted by Gasteiger charge is -2.39. The van der Waals surface area contributed by atoms with Gasteiger partial charge in [-0.2, -0.15) is 0 Å². The Hall–Kier alpha value is -0.570. The largest absolute Gasteiger partial charge is 0.550 e. The van der Waals surface area contributed by atoms with Crippen LogP contribution in [0.4, 0.5) is 0 Å². The normalized spacial score (nSPS) is 11.3. The number of nitrogens with zero attached hydrogens (tertiary/aromatic N) is 1. The van der Waals surface area contributed by atoms with Gasteiger partial charge in [0.15, 0.2) is 0 Å². The van der Waals surface area contributed by atoms with E-state index in [0.29, 0.717) is 0 Å². The third-order valence-corrected chi connectivity index (χ3v) is 4.42. The Labute approximate surface area is 146 Å². The summed E-state index contributed by atoms with van der Waals surface area (Å²) in [6.07, 6.45) is 11.1. The average Bonchev–Trinajstić information content (AvgIpc) is 2.54. The van der Waals surface area contributed by atoms with E-state index in [9.17, 15) is 9.90 Å². The van der Waals surface area contributed by atoms with Crippen molar-refractivity contribution >= 4 is 5.97 Å². The lowest BCUT2D eigenvalue weighted by Crippen LogP contribution is -2.50. The number of unbranched alkanes of at least 4 members (excludes halogenated alkanes) is 4. The molecule has 0 unspecified atom stereocenters. The molecule has 0 aromatic carbocycles. The molecule has 0 rings (SSSR count). The molecular formula is C20H43NO2. The summed E-state index contributed by atoms with van der Waals surface area (Å²) in [6, 6.07) is 0. The van der Waals surface area contributed by atoms with Crippen LogP contribution in [0.2, 0.25) is 0 Å². The number of carbonyl (C=O) groups excluding carboxylic acids is 1. The molecule has 0 fully saturated rings. The first-order valence-electron chi connectivity index (χ1n) is 9.94. The van der Waals surface area contributed by atoms with Gasteiger partial charge in [0.05, 0.1) is 26.2 Å². The second-order valence-corrected chi connectivity index (χ2v) is 7.12. The standard InChI is InChI=1S/C16H36N.C4H8O2/c1-5-9-13-17(14-10-6-2,15-11-7-3)16-12-8-4;1-3(2)4(5)6/h5-16H2,1-4H3;3H,1-2H3,(H,5,6)/q+1;/p-1. The fourth-order valence-corrected chi connectivity index (χ4v) is 2.64. The molecule has 0 aliphatic carbocycles. The molecule has 0 atom stereocenters. The van der Waals surface area contributed by atoms with Gasteiger partial charge in [0, 0.05) is 5.97 Å². The van der Waals surface area contributed by atoms with Crippen molar-refractivity contribution in [2.24, 2.45) is 5.92 Å². The molecule has 0 N–H and O–H groups in total. The molecule has 0 aliphatic rings. The molecule has 0 saturated heterocycles. The van der Waals surface area contributed by atoms with Gasteiger partial charge < -0.3 is 14.4 Å². The second kappa shape index (κ2) is 16.3. The highest BCUT2D eigenvalue weighted by Crippen LogP contribution is 2.16. The smallest absolute Gasteiger partial charge is 0.0786 e. The minimum atomic E-state index is -0.991. The van der Waals surface area contributed by atoms with Crippen LogP contribution in [-0.4, -0.2) is 36.6 Å². The summed E-state index contributed by atoms with van der Waals surface area (Å²) in [5, 5.41) is 9.59. The fourth-order valence-electron chi connectivity index (χ4n) is 2.64. The molecule has 23 heavy (non-hydrogen) atoms. The van der Waals surface area contributed by atoms with E-state index in [-0.39, 0.29) is 5.92 Å². The van der Waals surface area contributed by atoms with Crippen LogP contribution in [0.25, 0.3) is 0 Å². The van der Waals surface area contributed by atoms with E-state index < -0.39 is 5.97 Å². The van der Waals surface area contributed by atoms with Crippen molar-refractivity contribution < 1.29 is 14.4 Å². The van der Waals surface area contributed by atoms with Gasteiger partial charge in [0.25, 0.3) is 0 Å². The molecule has 0 aromatic heterocycles. The van der Waals surface area contributed by atoms with Crippen molar-refractivity contribution in [2.75, 3.05) is 26.2 Å². The van der Waals surface area contributed by atoms with Crippen LogP contribution in [0, 0.1) is 5.92 Å². The Morgan fingerprint density at radius 3 is 1.09 bits per heavy atom. The first kappa shape index (κ1) is 24.7. The van der Waals surface area contributed by atoms with Gasteiger partial charge in [0.1, 0.15) is 0 Å². The first-order chi connectivity index (χ1) is 10.9. The van der Waals surface area contributed by atoms with Crippen LogP contribution >= 0.6 is 0 Å². The summed E-state index contributed by atoms with van der Waals surface area (Å²) < 4.78 is 1.42. The molecular weight excluding hydrogens is 286 g/mol. The van der Waals surface area contributed by atoms with Gasteiger partial charge >= 0.3 is 0 Å². The van der Waals surface area contributed by atoms with Gasteiger partial charge in [0.2, 0.25) is 0 Å². The number of hydrogen-bond donors (Lipinski definition) is 0. The average molecular weight is 330 g/mol. The first-order valence-corrected chi connectivity index (χ1v) is 9.94. The maximum atomic E-state index is 9.59. The maximum absolute atomic E-state index is 9.59. The Bertz CT molecular complexity index is 227. The molecule has 0 saturated carbocycles. The lowest BCUT2D eigenvalue weighted by atomic mass is 10.1. The third kappa shape index (κ3) is 14.7. The Kier molecular flexibility index (Phi) is 17.5. The summed E-state index contributed by atoms with van der Waals surface area (Å²) in [7, 11) is 0. The highest BCUT2D eigenvalue weighted by molar-refractivity contribution is 5.66. The van der Waals surface area contributed by atoms with Crippen molar-refractivity contribution in [3.05, 3.63) is 0 Å². The predicted molar refractivity (Wildman–Crippen MR) is 99.2 cm³/mol. The minimum absolute atomic E-state index is 0.343. The number of hydrogen-bond acceptors (Lipinski definition) is 2. The van der Waals surface area contributed by atoms with Gasteiger partial charge in [-0.05, 0) is 31.6 Å². The molecule has 0 heterocycles. The topological polar surface area (TPSA) is 40.1 Å². The summed E-state index contributed by atoms with van der Waals surface area (Å²) in [4.78, 5) is 9.59. The summed E-state index contributed by atoms with van der Waals surface area (Å²) in [6.45, 7) is 18.2. The van der Waals surface area contributed by atoms with Gasteiger partial charge in [-0.15, -0.1) is 0 Å². The number of quaternary nitrogens is 1. The van der Waals surface area contributed by atoms with Crippen molar-refractivity contribution in [3.8, 4) is 0 Å². The van der Waals surface area contributed by atoms with Gasteiger partial charge in [-0.1, -0.05) is 67.2 Å². The van der Waals surface area contributed by atoms with Crippen LogP contribution in [0.15, 0.2) is 0 Å². The number of aliphatic carboxylic acids is 1. The Morgan fingerprint density at radius 1 is 0.739 bits per heavy atom. The molecule has 0 aromatic rings. The number of rotatable bonds is 13. The monoisotopic (exact) mass is 329 g/mol. The molecule has 3 nitrogen and oxygen atoms in total. The summed E-state index contributed by atoms with van der Waals surface area (Å²) in [5.74, 6) is -1.33. The van der Waals surface area contributed by atoms with Gasteiger partial charge in [-0.3, -0.25) is 0 Å². The van der Waals surface area contributed by atoms with Crippen LogP contribution in [0.1, 0.15) is 92.9 Å². The Balaban J connectivity index is 0. The van der Waals surface area contributed by atoms with Crippen LogP contribution < -0.4 is 5.11 Å². The molecule has 0 amide bonds. The van der Waals surface area contributed by atoms with Crippen LogP contribution in [0.3, 0.4) is 0 Å². The van der Waals surface area contributed by atoms with Crippen LogP contribution in [-0.2, 0) is 4.79 Å². The SMILES string of the molecule is CC(C)C(=O)[O-].CCCC[N+](CCCC)(CCCC)CCCC. The van der Waals surface area contributed by atoms with E-state index in [2.05, 4.69) is 27.7 Å². The van der Waals surface area contributed by atoms with Crippen molar-refractivity contribution in [3.63, 3.8) is 0 Å². The zero-order valence-corrected chi connectivity index (χ0v) is 16.8. The van der Waals surface area contributed by atoms with Crippen LogP contribution in [0.5, 0.6) is 0 Å². The van der Waals surface area contributed by atoms with Gasteiger partial charge in [-0.25, -0.2) is 0 Å². The maximum Gasteiger partial charge on any atom is 0.0786 e.